The van der Waals surface area contributed by atoms with Crippen LogP contribution in [-0.2, 0) is 14.3 Å². The number of nitrogens with one attached hydrogen (secondary N) is 1. The van der Waals surface area contributed by atoms with E-state index in [0.29, 0.717) is 0 Å². The van der Waals surface area contributed by atoms with Gasteiger partial charge < -0.3 is 10.1 Å². The van der Waals surface area contributed by atoms with Crippen LogP contribution in [0.3, 0.4) is 0 Å². The highest BCUT2D eigenvalue weighted by molar-refractivity contribution is 8.00. The Balaban J connectivity index is 2.04. The summed E-state index contributed by atoms with van der Waals surface area (Å²) in [5, 5.41) is 3.03. The fraction of sp³-hybridized carbons (Fsp3) is 0.222. The van der Waals surface area contributed by atoms with Gasteiger partial charge in [0.15, 0.2) is 0 Å². The fourth-order valence-electron chi connectivity index (χ4n) is 2.14. The molecule has 0 radical (unpaired) electrons. The van der Waals surface area contributed by atoms with Crippen molar-refractivity contribution in [2.24, 2.45) is 0 Å². The van der Waals surface area contributed by atoms with E-state index >= 15 is 0 Å². The zero-order chi connectivity index (χ0) is 16.5. The molecule has 0 heterocycles. The number of esters is 1. The average Bonchev–Trinajstić information content (AvgIpc) is 2.61. The van der Waals surface area contributed by atoms with Gasteiger partial charge in [-0.1, -0.05) is 60.7 Å². The lowest BCUT2D eigenvalue weighted by Crippen LogP contribution is -2.31. The number of hydrogen-bond donors (Lipinski definition) is 1. The Kier molecular flexibility index (Phi) is 6.69. The monoisotopic (exact) mass is 329 g/mol. The molecule has 0 saturated heterocycles. The van der Waals surface area contributed by atoms with Crippen molar-refractivity contribution in [2.75, 3.05) is 18.6 Å². The zero-order valence-corrected chi connectivity index (χ0v) is 13.7. The Morgan fingerprint density at radius 1 is 0.957 bits per heavy atom. The van der Waals surface area contributed by atoms with Crippen LogP contribution in [0, 0.1) is 0 Å². The lowest BCUT2D eigenvalue weighted by atomic mass is 9.99. The van der Waals surface area contributed by atoms with Crippen LogP contribution >= 0.6 is 11.8 Å². The molecule has 1 amide bonds. The number of amides is 1. The molecule has 2 aromatic rings. The van der Waals surface area contributed by atoms with E-state index in [0.717, 1.165) is 11.1 Å². The molecule has 0 aromatic heterocycles. The van der Waals surface area contributed by atoms with Crippen LogP contribution in [0.25, 0.3) is 0 Å². The van der Waals surface area contributed by atoms with Crippen molar-refractivity contribution >= 4 is 23.6 Å². The average molecular weight is 329 g/mol. The molecule has 0 aliphatic carbocycles. The Bertz CT molecular complexity index is 592. The maximum atomic E-state index is 12.2. The lowest BCUT2D eigenvalue weighted by Gasteiger charge is -2.19. The Morgan fingerprint density at radius 2 is 1.48 bits per heavy atom. The maximum Gasteiger partial charge on any atom is 0.315 e. The molecule has 0 atom stereocenters. The highest BCUT2D eigenvalue weighted by Gasteiger charge is 2.16. The molecule has 0 unspecified atom stereocenters. The highest BCUT2D eigenvalue weighted by atomic mass is 32.2. The van der Waals surface area contributed by atoms with Crippen LogP contribution in [0.2, 0.25) is 0 Å². The summed E-state index contributed by atoms with van der Waals surface area (Å²) in [7, 11) is 1.34. The largest absolute Gasteiger partial charge is 0.468 e. The van der Waals surface area contributed by atoms with Gasteiger partial charge in [-0.3, -0.25) is 9.59 Å². The number of carbonyl (C=O) groups excluding carboxylic acids is 2. The van der Waals surface area contributed by atoms with E-state index in [4.69, 9.17) is 0 Å². The number of carbonyl (C=O) groups is 2. The van der Waals surface area contributed by atoms with E-state index in [9.17, 15) is 9.59 Å². The molecule has 4 nitrogen and oxygen atoms in total. The molecule has 0 aliphatic rings. The van der Waals surface area contributed by atoms with Crippen molar-refractivity contribution in [1.29, 1.82) is 0 Å². The van der Waals surface area contributed by atoms with E-state index in [1.807, 2.05) is 60.7 Å². The van der Waals surface area contributed by atoms with E-state index in [-0.39, 0.29) is 29.4 Å². The molecule has 2 rings (SSSR count). The summed E-state index contributed by atoms with van der Waals surface area (Å²) in [5.41, 5.74) is 2.04. The molecule has 0 aliphatic heterocycles. The van der Waals surface area contributed by atoms with Crippen molar-refractivity contribution in [3.05, 3.63) is 71.8 Å². The first-order valence-corrected chi connectivity index (χ1v) is 8.40. The number of methoxy groups -OCH3 is 1. The summed E-state index contributed by atoms with van der Waals surface area (Å²) < 4.78 is 4.56. The van der Waals surface area contributed by atoms with Crippen LogP contribution in [0.1, 0.15) is 17.2 Å². The third-order valence-electron chi connectivity index (χ3n) is 3.25. The quantitative estimate of drug-likeness (QED) is 0.794. The second-order valence-electron chi connectivity index (χ2n) is 4.89. The van der Waals surface area contributed by atoms with Gasteiger partial charge >= 0.3 is 5.97 Å². The summed E-state index contributed by atoms with van der Waals surface area (Å²) >= 11 is 1.24. The number of rotatable bonds is 7. The van der Waals surface area contributed by atoms with Gasteiger partial charge in [-0.2, -0.15) is 0 Å². The molecule has 0 bridgehead atoms. The van der Waals surface area contributed by atoms with Gasteiger partial charge in [0.05, 0.1) is 24.7 Å². The SMILES string of the molecule is COC(=O)CSCC(=O)NC(c1ccccc1)c1ccccc1. The Morgan fingerprint density at radius 3 is 1.96 bits per heavy atom. The summed E-state index contributed by atoms with van der Waals surface area (Å²) in [5.74, 6) is -0.0571. The van der Waals surface area contributed by atoms with Crippen molar-refractivity contribution < 1.29 is 14.3 Å². The minimum Gasteiger partial charge on any atom is -0.468 e. The standard InChI is InChI=1S/C18H19NO3S/c1-22-17(21)13-23-12-16(20)19-18(14-8-4-2-5-9-14)15-10-6-3-7-11-15/h2-11,18H,12-13H2,1H3,(H,19,20). The maximum absolute atomic E-state index is 12.2. The number of hydrogen-bond acceptors (Lipinski definition) is 4. The van der Waals surface area contributed by atoms with Crippen molar-refractivity contribution in [3.8, 4) is 0 Å². The molecular formula is C18H19NO3S. The zero-order valence-electron chi connectivity index (χ0n) is 12.9. The molecule has 0 spiro atoms. The Hall–Kier alpha value is -2.27. The molecule has 0 saturated carbocycles. The minimum absolute atomic E-state index is 0.114. The van der Waals surface area contributed by atoms with Gasteiger partial charge in [-0.15, -0.1) is 11.8 Å². The number of ether oxygens (including phenoxy) is 1. The van der Waals surface area contributed by atoms with Crippen LogP contribution < -0.4 is 5.32 Å². The van der Waals surface area contributed by atoms with Crippen molar-refractivity contribution in [3.63, 3.8) is 0 Å². The molecule has 0 fully saturated rings. The molecule has 5 heteroatoms. The van der Waals surface area contributed by atoms with Crippen LogP contribution in [-0.4, -0.2) is 30.5 Å². The second kappa shape index (κ2) is 9.00. The first-order chi connectivity index (χ1) is 11.2. The predicted octanol–water partition coefficient (Wildman–Crippen LogP) is 2.80. The van der Waals surface area contributed by atoms with Gasteiger partial charge in [0.25, 0.3) is 0 Å². The van der Waals surface area contributed by atoms with Gasteiger partial charge in [-0.05, 0) is 11.1 Å². The third kappa shape index (κ3) is 5.45. The van der Waals surface area contributed by atoms with E-state index in [1.54, 1.807) is 0 Å². The van der Waals surface area contributed by atoms with Gasteiger partial charge in [-0.25, -0.2) is 0 Å². The number of thioether (sulfide) groups is 1. The van der Waals surface area contributed by atoms with Gasteiger partial charge in [0, 0.05) is 0 Å². The van der Waals surface area contributed by atoms with Crippen molar-refractivity contribution in [2.45, 2.75) is 6.04 Å². The third-order valence-corrected chi connectivity index (χ3v) is 4.16. The van der Waals surface area contributed by atoms with Crippen molar-refractivity contribution in [1.82, 2.24) is 5.32 Å². The highest BCUT2D eigenvalue weighted by Crippen LogP contribution is 2.21. The van der Waals surface area contributed by atoms with E-state index in [1.165, 1.54) is 18.9 Å². The molecular weight excluding hydrogens is 310 g/mol. The molecule has 1 N–H and O–H groups in total. The van der Waals surface area contributed by atoms with E-state index in [2.05, 4.69) is 10.1 Å². The predicted molar refractivity (Wildman–Crippen MR) is 92.2 cm³/mol. The minimum atomic E-state index is -0.328. The molecule has 120 valence electrons. The summed E-state index contributed by atoms with van der Waals surface area (Å²) in [6.07, 6.45) is 0. The fourth-order valence-corrected chi connectivity index (χ4v) is 2.79. The smallest absolute Gasteiger partial charge is 0.315 e. The normalized spacial score (nSPS) is 10.3. The summed E-state index contributed by atoms with van der Waals surface area (Å²) in [6, 6.07) is 19.4. The second-order valence-corrected chi connectivity index (χ2v) is 5.88. The topological polar surface area (TPSA) is 55.4 Å². The van der Waals surface area contributed by atoms with Gasteiger partial charge in [0.1, 0.15) is 0 Å². The first-order valence-electron chi connectivity index (χ1n) is 7.24. The van der Waals surface area contributed by atoms with Crippen LogP contribution in [0.5, 0.6) is 0 Å². The number of benzene rings is 2. The molecule has 2 aromatic carbocycles. The van der Waals surface area contributed by atoms with Crippen LogP contribution in [0.15, 0.2) is 60.7 Å². The summed E-state index contributed by atoms with van der Waals surface area (Å²) in [4.78, 5) is 23.3. The Labute approximate surface area is 140 Å². The first kappa shape index (κ1) is 17.1. The van der Waals surface area contributed by atoms with Crippen LogP contribution in [0.4, 0.5) is 0 Å². The summed E-state index contributed by atoms with van der Waals surface area (Å²) in [6.45, 7) is 0. The molecule has 23 heavy (non-hydrogen) atoms. The van der Waals surface area contributed by atoms with E-state index < -0.39 is 0 Å². The lowest BCUT2D eigenvalue weighted by molar-refractivity contribution is -0.137. The van der Waals surface area contributed by atoms with Gasteiger partial charge in [0.2, 0.25) is 5.91 Å².